The lowest BCUT2D eigenvalue weighted by atomic mass is 10.0. The Morgan fingerprint density at radius 3 is 2.50 bits per heavy atom. The van der Waals surface area contributed by atoms with Crippen molar-refractivity contribution < 1.29 is 27.9 Å². The molecule has 0 aliphatic heterocycles. The third-order valence-electron chi connectivity index (χ3n) is 2.90. The van der Waals surface area contributed by atoms with Gasteiger partial charge in [0.15, 0.2) is 11.5 Å². The van der Waals surface area contributed by atoms with E-state index < -0.39 is 14.1 Å². The highest BCUT2D eigenvalue weighted by Crippen LogP contribution is 2.27. The maximum absolute atomic E-state index is 9.87. The Hall–Kier alpha value is -2.36. The highest BCUT2D eigenvalue weighted by Gasteiger charge is 2.05. The number of ether oxygens (including phenoxy) is 2. The number of benzene rings is 2. The molecule has 2 rings (SSSR count). The smallest absolute Gasteiger partial charge is 0.160 e. The Morgan fingerprint density at radius 2 is 1.75 bits per heavy atom. The van der Waals surface area contributed by atoms with Gasteiger partial charge in [-0.05, 0) is 48.2 Å². The van der Waals surface area contributed by atoms with Gasteiger partial charge < -0.3 is 19.7 Å². The summed E-state index contributed by atoms with van der Waals surface area (Å²) in [4.78, 5) is 0. The van der Waals surface area contributed by atoms with E-state index in [9.17, 15) is 10.2 Å². The SMILES string of the molecule is [2H]C([2H])([2H])Oc1cc(O)cc(CCc2ccc(OC([2H])([2H])[2H])c(O)c2)c1. The van der Waals surface area contributed by atoms with Crippen molar-refractivity contribution in [2.75, 3.05) is 14.1 Å². The lowest BCUT2D eigenvalue weighted by molar-refractivity contribution is 0.373. The number of aromatic hydroxyl groups is 2. The highest BCUT2D eigenvalue weighted by molar-refractivity contribution is 5.42. The number of aryl methyl sites for hydroxylation is 2. The van der Waals surface area contributed by atoms with Gasteiger partial charge in [0.2, 0.25) is 0 Å². The van der Waals surface area contributed by atoms with Crippen LogP contribution in [0.15, 0.2) is 36.4 Å². The summed E-state index contributed by atoms with van der Waals surface area (Å²) in [5, 5.41) is 19.6. The minimum Gasteiger partial charge on any atom is -0.508 e. The van der Waals surface area contributed by atoms with Crippen LogP contribution in [0.25, 0.3) is 0 Å². The molecule has 0 amide bonds. The van der Waals surface area contributed by atoms with E-state index in [0.717, 1.165) is 0 Å². The van der Waals surface area contributed by atoms with Crippen LogP contribution in [0, 0.1) is 0 Å². The van der Waals surface area contributed by atoms with Gasteiger partial charge in [0.1, 0.15) is 11.5 Å². The molecule has 0 aromatic heterocycles. The minimum atomic E-state index is -2.65. The first-order chi connectivity index (χ1) is 11.9. The van der Waals surface area contributed by atoms with Crippen LogP contribution in [0.3, 0.4) is 0 Å². The summed E-state index contributed by atoms with van der Waals surface area (Å²) in [5.74, 6) is -0.518. The first-order valence-electron chi connectivity index (χ1n) is 8.94. The van der Waals surface area contributed by atoms with E-state index in [0.29, 0.717) is 24.0 Å². The molecular formula is C16H18O4. The van der Waals surface area contributed by atoms with Crippen LogP contribution in [-0.4, -0.2) is 24.3 Å². The first-order valence-corrected chi connectivity index (χ1v) is 5.94. The maximum atomic E-state index is 9.87. The lowest BCUT2D eigenvalue weighted by Crippen LogP contribution is -1.93. The number of hydrogen-bond donors (Lipinski definition) is 2. The second kappa shape index (κ2) is 6.19. The van der Waals surface area contributed by atoms with E-state index >= 15 is 0 Å². The molecule has 2 aromatic carbocycles. The summed E-state index contributed by atoms with van der Waals surface area (Å²) < 4.78 is 51.9. The van der Waals surface area contributed by atoms with Crippen molar-refractivity contribution >= 4 is 0 Å². The van der Waals surface area contributed by atoms with Crippen molar-refractivity contribution in [3.05, 3.63) is 47.5 Å². The third-order valence-corrected chi connectivity index (χ3v) is 2.90. The zero-order valence-corrected chi connectivity index (χ0v) is 10.6. The summed E-state index contributed by atoms with van der Waals surface area (Å²) >= 11 is 0. The van der Waals surface area contributed by atoms with Crippen molar-refractivity contribution in [2.24, 2.45) is 0 Å². The molecule has 4 heteroatoms. The second-order valence-corrected chi connectivity index (χ2v) is 4.34. The Balaban J connectivity index is 2.08. The van der Waals surface area contributed by atoms with E-state index in [1.165, 1.54) is 30.3 Å². The zero-order chi connectivity index (χ0) is 19.5. The number of phenolic OH excluding ortho intramolecular Hbond substituents is 2. The first kappa shape index (κ1) is 8.04. The lowest BCUT2D eigenvalue weighted by Gasteiger charge is -2.08. The van der Waals surface area contributed by atoms with Gasteiger partial charge in [0.25, 0.3) is 0 Å². The van der Waals surface area contributed by atoms with E-state index in [2.05, 4.69) is 4.74 Å². The number of phenols is 2. The number of hydrogen-bond acceptors (Lipinski definition) is 4. The van der Waals surface area contributed by atoms with E-state index in [1.807, 2.05) is 0 Å². The fraction of sp³-hybridized carbons (Fsp3) is 0.250. The summed E-state index contributed by atoms with van der Waals surface area (Å²) in [5.41, 5.74) is 1.36. The molecule has 0 fully saturated rings. The number of rotatable bonds is 5. The van der Waals surface area contributed by atoms with Crippen LogP contribution < -0.4 is 9.47 Å². The van der Waals surface area contributed by atoms with Crippen LogP contribution >= 0.6 is 0 Å². The topological polar surface area (TPSA) is 58.9 Å². The van der Waals surface area contributed by atoms with Gasteiger partial charge in [-0.15, -0.1) is 0 Å². The molecule has 0 radical (unpaired) electrons. The van der Waals surface area contributed by atoms with Gasteiger partial charge in [-0.1, -0.05) is 6.07 Å². The molecule has 20 heavy (non-hydrogen) atoms. The van der Waals surface area contributed by atoms with Crippen LogP contribution in [-0.2, 0) is 12.8 Å². The van der Waals surface area contributed by atoms with Crippen LogP contribution in [0.4, 0.5) is 0 Å². The van der Waals surface area contributed by atoms with Crippen molar-refractivity contribution in [1.82, 2.24) is 0 Å². The molecule has 2 aromatic rings. The Labute approximate surface area is 126 Å². The fourth-order valence-corrected chi connectivity index (χ4v) is 1.94. The summed E-state index contributed by atoms with van der Waals surface area (Å²) in [7, 11) is -5.27. The molecule has 0 spiro atoms. The molecule has 2 N–H and O–H groups in total. The van der Waals surface area contributed by atoms with E-state index in [4.69, 9.17) is 13.0 Å². The van der Waals surface area contributed by atoms with Crippen molar-refractivity contribution in [2.45, 2.75) is 12.8 Å². The van der Waals surface area contributed by atoms with Gasteiger partial charge >= 0.3 is 0 Å². The molecule has 0 aliphatic rings. The Morgan fingerprint density at radius 1 is 0.950 bits per heavy atom. The molecule has 0 atom stereocenters. The van der Waals surface area contributed by atoms with Crippen LogP contribution in [0.5, 0.6) is 23.0 Å². The van der Waals surface area contributed by atoms with Gasteiger partial charge in [0.05, 0.1) is 22.3 Å². The Kier molecular flexibility index (Phi) is 2.49. The molecule has 4 nitrogen and oxygen atoms in total. The van der Waals surface area contributed by atoms with E-state index in [1.54, 1.807) is 6.07 Å². The summed E-state index contributed by atoms with van der Waals surface area (Å²) in [6, 6.07) is 8.58. The normalized spacial score (nSPS) is 16.0. The maximum Gasteiger partial charge on any atom is 0.160 e. The standard InChI is InChI=1S/C16H18O4/c1-19-14-8-12(7-13(17)10-14)4-3-11-5-6-16(20-2)15(18)9-11/h5-10,17-18H,3-4H2,1-2H3/i1D3,2D3. The van der Waals surface area contributed by atoms with Gasteiger partial charge in [-0.25, -0.2) is 0 Å². The predicted octanol–water partition coefficient (Wildman–Crippen LogP) is 2.90. The minimum absolute atomic E-state index is 0.0317. The van der Waals surface area contributed by atoms with Crippen LogP contribution in [0.2, 0.25) is 0 Å². The molecule has 0 heterocycles. The quantitative estimate of drug-likeness (QED) is 0.884. The fourth-order valence-electron chi connectivity index (χ4n) is 1.94. The molecule has 0 aliphatic carbocycles. The molecule has 0 saturated carbocycles. The van der Waals surface area contributed by atoms with Crippen molar-refractivity contribution in [1.29, 1.82) is 0 Å². The average molecular weight is 280 g/mol. The van der Waals surface area contributed by atoms with E-state index in [-0.39, 0.29) is 23.0 Å². The van der Waals surface area contributed by atoms with Crippen molar-refractivity contribution in [3.8, 4) is 23.0 Å². The summed E-state index contributed by atoms with van der Waals surface area (Å²) in [6.45, 7) is 0. The molecule has 0 saturated heterocycles. The zero-order valence-electron chi connectivity index (χ0n) is 16.6. The average Bonchev–Trinajstić information content (AvgIpc) is 2.44. The number of methoxy groups -OCH3 is 2. The molecule has 0 unspecified atom stereocenters. The monoisotopic (exact) mass is 280 g/mol. The molecule has 106 valence electrons. The third kappa shape index (κ3) is 3.35. The Bertz CT molecular complexity index is 770. The largest absolute Gasteiger partial charge is 0.508 e. The predicted molar refractivity (Wildman–Crippen MR) is 76.7 cm³/mol. The van der Waals surface area contributed by atoms with Crippen molar-refractivity contribution in [3.63, 3.8) is 0 Å². The second-order valence-electron chi connectivity index (χ2n) is 4.34. The molecule has 0 bridgehead atoms. The molecular weight excluding hydrogens is 256 g/mol. The van der Waals surface area contributed by atoms with Crippen LogP contribution in [0.1, 0.15) is 19.4 Å². The highest BCUT2D eigenvalue weighted by atomic mass is 16.5. The van der Waals surface area contributed by atoms with Gasteiger partial charge in [-0.3, -0.25) is 0 Å². The summed E-state index contributed by atoms with van der Waals surface area (Å²) in [6.07, 6.45) is 0.892. The van der Waals surface area contributed by atoms with Gasteiger partial charge in [-0.2, -0.15) is 0 Å². The van der Waals surface area contributed by atoms with Gasteiger partial charge in [0, 0.05) is 6.07 Å².